The fourth-order valence-corrected chi connectivity index (χ4v) is 3.38. The molecule has 2 nitrogen and oxygen atoms in total. The number of fused-ring (bicyclic) bond motifs is 1. The summed E-state index contributed by atoms with van der Waals surface area (Å²) in [7, 11) is 0. The number of ether oxygens (including phenoxy) is 1. The first-order valence-corrected chi connectivity index (χ1v) is 7.01. The van der Waals surface area contributed by atoms with E-state index in [1.807, 2.05) is 6.92 Å². The fraction of sp³-hybridized carbons (Fsp3) is 1.00. The lowest BCUT2D eigenvalue weighted by Crippen LogP contribution is -2.38. The molecule has 0 spiro atoms. The summed E-state index contributed by atoms with van der Waals surface area (Å²) < 4.78 is 5.83. The molecular weight excluding hydrogens is 200 g/mol. The molecule has 0 aliphatic heterocycles. The van der Waals surface area contributed by atoms with Crippen molar-refractivity contribution in [1.29, 1.82) is 0 Å². The molecule has 0 heterocycles. The molecule has 0 saturated heterocycles. The van der Waals surface area contributed by atoms with E-state index in [0.717, 1.165) is 18.3 Å². The van der Waals surface area contributed by atoms with Crippen LogP contribution in [0, 0.1) is 11.8 Å². The molecular formula is C14H26O2. The van der Waals surface area contributed by atoms with E-state index in [1.165, 1.54) is 38.5 Å². The van der Waals surface area contributed by atoms with Crippen LogP contribution in [0.5, 0.6) is 0 Å². The Balaban J connectivity index is 1.85. The van der Waals surface area contributed by atoms with Crippen molar-refractivity contribution in [2.24, 2.45) is 11.8 Å². The summed E-state index contributed by atoms with van der Waals surface area (Å²) in [5, 5.41) is 9.95. The van der Waals surface area contributed by atoms with Crippen molar-refractivity contribution in [2.75, 3.05) is 0 Å². The minimum Gasteiger partial charge on any atom is -0.366 e. The van der Waals surface area contributed by atoms with Gasteiger partial charge in [-0.3, -0.25) is 0 Å². The van der Waals surface area contributed by atoms with Gasteiger partial charge in [0.05, 0.1) is 6.10 Å². The second-order valence-corrected chi connectivity index (χ2v) is 5.89. The SMILES string of the molecule is CCC(C)(O)OC1CCC2CCCCC2C1. The van der Waals surface area contributed by atoms with Gasteiger partial charge in [-0.15, -0.1) is 0 Å². The Morgan fingerprint density at radius 2 is 1.81 bits per heavy atom. The molecule has 0 amide bonds. The quantitative estimate of drug-likeness (QED) is 0.747. The smallest absolute Gasteiger partial charge is 0.162 e. The van der Waals surface area contributed by atoms with Crippen LogP contribution >= 0.6 is 0 Å². The van der Waals surface area contributed by atoms with Crippen LogP contribution in [-0.2, 0) is 4.74 Å². The Morgan fingerprint density at radius 3 is 2.50 bits per heavy atom. The van der Waals surface area contributed by atoms with Gasteiger partial charge in [-0.05, 0) is 44.4 Å². The fourth-order valence-electron chi connectivity index (χ4n) is 3.38. The number of hydrogen-bond acceptors (Lipinski definition) is 2. The summed E-state index contributed by atoms with van der Waals surface area (Å²) >= 11 is 0. The molecule has 2 rings (SSSR count). The van der Waals surface area contributed by atoms with E-state index in [4.69, 9.17) is 4.74 Å². The first-order valence-electron chi connectivity index (χ1n) is 7.01. The maximum absolute atomic E-state index is 9.95. The summed E-state index contributed by atoms with van der Waals surface area (Å²) in [4.78, 5) is 0. The van der Waals surface area contributed by atoms with Gasteiger partial charge in [0, 0.05) is 0 Å². The normalized spacial score (nSPS) is 38.8. The first-order chi connectivity index (χ1) is 7.61. The average Bonchev–Trinajstić information content (AvgIpc) is 2.28. The predicted molar refractivity (Wildman–Crippen MR) is 65.1 cm³/mol. The third-order valence-corrected chi connectivity index (χ3v) is 4.57. The molecule has 0 aromatic rings. The predicted octanol–water partition coefficient (Wildman–Crippen LogP) is 3.48. The van der Waals surface area contributed by atoms with E-state index < -0.39 is 5.79 Å². The van der Waals surface area contributed by atoms with Gasteiger partial charge in [0.25, 0.3) is 0 Å². The molecule has 1 N–H and O–H groups in total. The third-order valence-electron chi connectivity index (χ3n) is 4.57. The molecule has 2 aliphatic rings. The van der Waals surface area contributed by atoms with Crippen LogP contribution in [-0.4, -0.2) is 17.0 Å². The van der Waals surface area contributed by atoms with Crippen LogP contribution in [0.15, 0.2) is 0 Å². The second kappa shape index (κ2) is 5.05. The van der Waals surface area contributed by atoms with Crippen LogP contribution in [0.1, 0.15) is 65.2 Å². The van der Waals surface area contributed by atoms with E-state index in [9.17, 15) is 5.11 Å². The van der Waals surface area contributed by atoms with Gasteiger partial charge in [0.2, 0.25) is 0 Å². The van der Waals surface area contributed by atoms with Gasteiger partial charge >= 0.3 is 0 Å². The molecule has 0 aromatic heterocycles. The van der Waals surface area contributed by atoms with Crippen molar-refractivity contribution in [1.82, 2.24) is 0 Å². The monoisotopic (exact) mass is 226 g/mol. The van der Waals surface area contributed by atoms with Gasteiger partial charge in [-0.2, -0.15) is 0 Å². The van der Waals surface area contributed by atoms with Gasteiger partial charge in [-0.1, -0.05) is 32.6 Å². The minimum absolute atomic E-state index is 0.300. The molecule has 2 heteroatoms. The van der Waals surface area contributed by atoms with Gasteiger partial charge < -0.3 is 9.84 Å². The summed E-state index contributed by atoms with van der Waals surface area (Å²) in [6.45, 7) is 3.77. The van der Waals surface area contributed by atoms with Gasteiger partial charge in [-0.25, -0.2) is 0 Å². The lowest BCUT2D eigenvalue weighted by Gasteiger charge is -2.41. The standard InChI is InChI=1S/C14H26O2/c1-3-14(2,15)16-13-9-8-11-6-4-5-7-12(11)10-13/h11-13,15H,3-10H2,1-2H3. The Morgan fingerprint density at radius 1 is 1.12 bits per heavy atom. The zero-order valence-corrected chi connectivity index (χ0v) is 10.7. The number of rotatable bonds is 3. The maximum atomic E-state index is 9.95. The van der Waals surface area contributed by atoms with Crippen molar-refractivity contribution in [3.8, 4) is 0 Å². The Hall–Kier alpha value is -0.0800. The molecule has 0 aromatic carbocycles. The van der Waals surface area contributed by atoms with E-state index in [0.29, 0.717) is 12.5 Å². The second-order valence-electron chi connectivity index (χ2n) is 5.89. The average molecular weight is 226 g/mol. The molecule has 4 atom stereocenters. The van der Waals surface area contributed by atoms with Crippen molar-refractivity contribution in [3.05, 3.63) is 0 Å². The van der Waals surface area contributed by atoms with Crippen LogP contribution in [0.25, 0.3) is 0 Å². The lowest BCUT2D eigenvalue weighted by molar-refractivity contribution is -0.229. The lowest BCUT2D eigenvalue weighted by atomic mass is 9.70. The Kier molecular flexibility index (Phi) is 3.91. The highest BCUT2D eigenvalue weighted by atomic mass is 16.6. The molecule has 2 saturated carbocycles. The Bertz CT molecular complexity index is 225. The van der Waals surface area contributed by atoms with Gasteiger partial charge in [0.1, 0.15) is 0 Å². The summed E-state index contributed by atoms with van der Waals surface area (Å²) in [5.41, 5.74) is 0. The van der Waals surface area contributed by atoms with Crippen molar-refractivity contribution < 1.29 is 9.84 Å². The minimum atomic E-state index is -0.911. The number of aliphatic hydroxyl groups is 1. The zero-order valence-electron chi connectivity index (χ0n) is 10.7. The topological polar surface area (TPSA) is 29.5 Å². The van der Waals surface area contributed by atoms with E-state index in [-0.39, 0.29) is 0 Å². The third kappa shape index (κ3) is 2.98. The molecule has 2 fully saturated rings. The molecule has 0 bridgehead atoms. The number of hydrogen-bond donors (Lipinski definition) is 1. The van der Waals surface area contributed by atoms with E-state index in [1.54, 1.807) is 6.92 Å². The van der Waals surface area contributed by atoms with Gasteiger partial charge in [0.15, 0.2) is 5.79 Å². The molecule has 16 heavy (non-hydrogen) atoms. The highest BCUT2D eigenvalue weighted by Crippen LogP contribution is 2.42. The maximum Gasteiger partial charge on any atom is 0.162 e. The largest absolute Gasteiger partial charge is 0.366 e. The summed E-state index contributed by atoms with van der Waals surface area (Å²) in [6.07, 6.45) is 10.3. The van der Waals surface area contributed by atoms with Crippen molar-refractivity contribution in [2.45, 2.75) is 77.1 Å². The first kappa shape index (κ1) is 12.4. The summed E-state index contributed by atoms with van der Waals surface area (Å²) in [6, 6.07) is 0. The van der Waals surface area contributed by atoms with Crippen LogP contribution < -0.4 is 0 Å². The highest BCUT2D eigenvalue weighted by Gasteiger charge is 2.35. The van der Waals surface area contributed by atoms with Crippen LogP contribution in [0.2, 0.25) is 0 Å². The molecule has 2 aliphatic carbocycles. The molecule has 0 radical (unpaired) electrons. The van der Waals surface area contributed by atoms with E-state index in [2.05, 4.69) is 0 Å². The molecule has 94 valence electrons. The van der Waals surface area contributed by atoms with Crippen molar-refractivity contribution >= 4 is 0 Å². The molecule has 4 unspecified atom stereocenters. The van der Waals surface area contributed by atoms with Crippen molar-refractivity contribution in [3.63, 3.8) is 0 Å². The Labute approximate surface area is 99.4 Å². The van der Waals surface area contributed by atoms with Crippen LogP contribution in [0.3, 0.4) is 0 Å². The summed E-state index contributed by atoms with van der Waals surface area (Å²) in [5.74, 6) is 0.923. The highest BCUT2D eigenvalue weighted by molar-refractivity contribution is 4.84. The van der Waals surface area contributed by atoms with E-state index >= 15 is 0 Å². The van der Waals surface area contributed by atoms with Crippen LogP contribution in [0.4, 0.5) is 0 Å². The zero-order chi connectivity index (χ0) is 11.6.